The van der Waals surface area contributed by atoms with Gasteiger partial charge in [-0.2, -0.15) is 0 Å². The summed E-state index contributed by atoms with van der Waals surface area (Å²) in [7, 11) is -4.60. The van der Waals surface area contributed by atoms with Crippen LogP contribution in [0.15, 0.2) is 95.7 Å². The molecule has 10 rings (SSSR count). The minimum atomic E-state index is -4.60. The molecule has 3 fully saturated rings. The first-order valence-corrected chi connectivity index (χ1v) is 23.9. The number of nitro groups is 1. The van der Waals surface area contributed by atoms with Crippen LogP contribution in [-0.4, -0.2) is 120 Å². The highest BCUT2D eigenvalue weighted by molar-refractivity contribution is 7.90. The third-order valence-electron chi connectivity index (χ3n) is 13.3. The predicted molar refractivity (Wildman–Crippen MR) is 248 cm³/mol. The Balaban J connectivity index is 0.904. The molecule has 16 nitrogen and oxygen atoms in total. The fourth-order valence-electron chi connectivity index (χ4n) is 9.55. The summed E-state index contributed by atoms with van der Waals surface area (Å²) in [4.78, 5) is 41.4. The maximum Gasteiger partial charge on any atom is 0.312 e. The van der Waals surface area contributed by atoms with E-state index in [9.17, 15) is 23.3 Å². The summed E-state index contributed by atoms with van der Waals surface area (Å²) in [5, 5.41) is 17.0. The van der Waals surface area contributed by atoms with Crippen LogP contribution < -0.4 is 14.4 Å². The number of halogens is 1. The van der Waals surface area contributed by atoms with Crippen molar-refractivity contribution in [3.05, 3.63) is 117 Å². The molecule has 338 valence electrons. The van der Waals surface area contributed by atoms with Gasteiger partial charge in [0.2, 0.25) is 0 Å². The second-order valence-electron chi connectivity index (χ2n) is 18.3. The lowest BCUT2D eigenvalue weighted by Crippen LogP contribution is -2.48. The van der Waals surface area contributed by atoms with Crippen molar-refractivity contribution in [1.82, 2.24) is 34.3 Å². The number of nitrogens with one attached hydrogen (secondary N) is 2. The zero-order valence-corrected chi connectivity index (χ0v) is 37.8. The number of aromatic amines is 1. The van der Waals surface area contributed by atoms with Gasteiger partial charge in [-0.3, -0.25) is 34.5 Å². The van der Waals surface area contributed by atoms with Gasteiger partial charge in [0.1, 0.15) is 11.6 Å². The molecule has 6 heterocycles. The van der Waals surface area contributed by atoms with Gasteiger partial charge in [0.05, 0.1) is 45.8 Å². The highest BCUT2D eigenvalue weighted by atomic mass is 35.5. The Labute approximate surface area is 381 Å². The number of carbonyl (C=O) groups excluding carboxylic acids is 1. The Kier molecular flexibility index (Phi) is 11.4. The molecule has 1 atom stereocenters. The number of aromatic nitrogens is 4. The Morgan fingerprint density at radius 1 is 1.03 bits per heavy atom. The number of amides is 1. The van der Waals surface area contributed by atoms with Crippen LogP contribution in [0.1, 0.15) is 55.5 Å². The molecule has 3 aromatic heterocycles. The van der Waals surface area contributed by atoms with Crippen LogP contribution >= 0.6 is 11.6 Å². The van der Waals surface area contributed by atoms with Crippen LogP contribution in [0, 0.1) is 15.5 Å². The van der Waals surface area contributed by atoms with Crippen LogP contribution in [0.2, 0.25) is 5.02 Å². The first-order valence-electron chi connectivity index (χ1n) is 22.0. The number of nitrogens with zero attached hydrogens (tertiary/aromatic N) is 7. The topological polar surface area (TPSA) is 181 Å². The minimum Gasteiger partial charge on any atom is -0.482 e. The molecule has 3 saturated heterocycles. The Hall–Kier alpha value is -5.85. The highest BCUT2D eigenvalue weighted by Gasteiger charge is 2.35. The molecule has 1 unspecified atom stereocenters. The Bertz CT molecular complexity index is 2960. The molecule has 3 aromatic carbocycles. The van der Waals surface area contributed by atoms with Crippen molar-refractivity contribution in [3.8, 4) is 11.4 Å². The number of H-pyrrole nitrogens is 1. The quantitative estimate of drug-likeness (QED) is 0.0931. The number of allylic oxidation sites excluding steroid dienone is 1. The molecule has 2 N–H and O–H groups in total. The summed E-state index contributed by atoms with van der Waals surface area (Å²) in [6.07, 6.45) is 6.95. The SMILES string of the molecule is CC1(C)CCC(CN2CCN(c3ccc(C(=O)NS(=O)(=O)c4ccc(OC5CCN(C6COC6)C5)c([N+](=O)[O-])c4)c(-n4[nH]cc5nc6nccc6cc54)c3)CC2)=C(c2ccc(Cl)cc2)C1. The molecule has 1 aliphatic carbocycles. The van der Waals surface area contributed by atoms with Crippen molar-refractivity contribution in [1.29, 1.82) is 0 Å². The van der Waals surface area contributed by atoms with E-state index in [-0.39, 0.29) is 22.8 Å². The minimum absolute atomic E-state index is 0.0359. The van der Waals surface area contributed by atoms with Gasteiger partial charge in [-0.1, -0.05) is 43.2 Å². The summed E-state index contributed by atoms with van der Waals surface area (Å²) in [5.74, 6) is -0.948. The first kappa shape index (κ1) is 43.1. The molecule has 4 aliphatic rings. The van der Waals surface area contributed by atoms with Crippen molar-refractivity contribution >= 4 is 66.5 Å². The summed E-state index contributed by atoms with van der Waals surface area (Å²) in [6.45, 7) is 11.3. The normalized spacial score (nSPS) is 19.8. The van der Waals surface area contributed by atoms with Crippen molar-refractivity contribution in [3.63, 3.8) is 0 Å². The Morgan fingerprint density at radius 2 is 1.83 bits per heavy atom. The summed E-state index contributed by atoms with van der Waals surface area (Å²) in [6, 6.07) is 21.0. The van der Waals surface area contributed by atoms with E-state index < -0.39 is 31.4 Å². The summed E-state index contributed by atoms with van der Waals surface area (Å²) in [5.41, 5.74) is 6.97. The molecular weight excluding hydrogens is 870 g/mol. The number of carbonyl (C=O) groups is 1. The van der Waals surface area contributed by atoms with E-state index >= 15 is 0 Å². The number of sulfonamides is 1. The number of piperazine rings is 1. The number of nitro benzene ring substituents is 1. The van der Waals surface area contributed by atoms with Gasteiger partial charge in [0, 0.05) is 80.4 Å². The third-order valence-corrected chi connectivity index (χ3v) is 14.9. The monoisotopic (exact) mass is 919 g/mol. The number of fused-ring (bicyclic) bond motifs is 2. The van der Waals surface area contributed by atoms with Crippen LogP contribution in [0.25, 0.3) is 33.3 Å². The highest BCUT2D eigenvalue weighted by Crippen LogP contribution is 2.43. The van der Waals surface area contributed by atoms with Crippen molar-refractivity contribution in [2.75, 3.05) is 63.9 Å². The predicted octanol–water partition coefficient (Wildman–Crippen LogP) is 7.22. The van der Waals surface area contributed by atoms with Crippen molar-refractivity contribution in [2.45, 2.75) is 56.6 Å². The molecular formula is C47H50ClN9O7S. The first-order chi connectivity index (χ1) is 31.3. The molecule has 18 heteroatoms. The average molecular weight is 920 g/mol. The lowest BCUT2D eigenvalue weighted by Gasteiger charge is -2.39. The number of ether oxygens (including phenoxy) is 2. The smallest absolute Gasteiger partial charge is 0.312 e. The maximum atomic E-state index is 14.2. The number of hydrogen-bond acceptors (Lipinski definition) is 12. The molecule has 6 aromatic rings. The number of likely N-dealkylation sites (tertiary alicyclic amines) is 1. The number of hydrogen-bond donors (Lipinski definition) is 2. The largest absolute Gasteiger partial charge is 0.482 e. The summed E-state index contributed by atoms with van der Waals surface area (Å²) >= 11 is 6.26. The van der Waals surface area contributed by atoms with E-state index in [4.69, 9.17) is 21.1 Å². The molecule has 0 saturated carbocycles. The van der Waals surface area contributed by atoms with Crippen molar-refractivity contribution in [2.24, 2.45) is 5.41 Å². The van der Waals surface area contributed by atoms with Crippen LogP contribution in [0.5, 0.6) is 5.75 Å². The zero-order chi connectivity index (χ0) is 45.0. The fourth-order valence-corrected chi connectivity index (χ4v) is 10.7. The third kappa shape index (κ3) is 8.82. The van der Waals surface area contributed by atoms with Crippen LogP contribution in [0.3, 0.4) is 0 Å². The Morgan fingerprint density at radius 3 is 2.58 bits per heavy atom. The van der Waals surface area contributed by atoms with E-state index in [0.717, 1.165) is 80.7 Å². The lowest BCUT2D eigenvalue weighted by atomic mass is 9.72. The van der Waals surface area contributed by atoms with Gasteiger partial charge in [-0.15, -0.1) is 0 Å². The zero-order valence-electron chi connectivity index (χ0n) is 36.2. The standard InChI is InChI=1S/C47H50ClN9O7S/c1-47(2)14-11-32(39(24-47)30-3-5-33(48)6-4-30)26-53-17-19-54(20-18-53)34-7-9-38(41(22-34)56-42-21-31-12-15-49-45(31)51-40(42)25-50-56)46(58)52-65(61,62)37-8-10-44(43(23-37)57(59)60)64-36-13-16-55(27-36)35-28-63-29-35/h3-10,12,15,21-23,25,35-36,50H,11,13-14,16-20,24,26-29H2,1-2H3,(H,52,58). The number of benzene rings is 3. The second kappa shape index (κ2) is 17.2. The van der Waals surface area contributed by atoms with Crippen LogP contribution in [0.4, 0.5) is 11.4 Å². The van der Waals surface area contributed by atoms with Gasteiger partial charge in [0.15, 0.2) is 11.4 Å². The van der Waals surface area contributed by atoms with Gasteiger partial charge in [-0.05, 0) is 96.8 Å². The van der Waals surface area contributed by atoms with Gasteiger partial charge < -0.3 is 14.4 Å². The molecule has 0 bridgehead atoms. The van der Waals surface area contributed by atoms with Gasteiger partial charge in [-0.25, -0.2) is 23.1 Å². The average Bonchev–Trinajstić information content (AvgIpc) is 4.03. The molecule has 0 radical (unpaired) electrons. The molecule has 65 heavy (non-hydrogen) atoms. The van der Waals surface area contributed by atoms with E-state index in [2.05, 4.69) is 60.5 Å². The molecule has 0 spiro atoms. The van der Waals surface area contributed by atoms with Crippen LogP contribution in [-0.2, 0) is 14.8 Å². The molecule has 1 amide bonds. The molecule has 3 aliphatic heterocycles. The van der Waals surface area contributed by atoms with E-state index in [0.29, 0.717) is 54.6 Å². The van der Waals surface area contributed by atoms with E-state index in [1.165, 1.54) is 28.8 Å². The lowest BCUT2D eigenvalue weighted by molar-refractivity contribution is -0.386. The van der Waals surface area contributed by atoms with Crippen molar-refractivity contribution < 1.29 is 27.6 Å². The van der Waals surface area contributed by atoms with E-state index in [1.807, 2.05) is 36.4 Å². The maximum absolute atomic E-state index is 14.2. The number of pyridine rings is 1. The second-order valence-corrected chi connectivity index (χ2v) is 20.4. The summed E-state index contributed by atoms with van der Waals surface area (Å²) < 4.78 is 43.0. The fraction of sp³-hybridized carbons (Fsp3) is 0.383. The van der Waals surface area contributed by atoms with Gasteiger partial charge in [0.25, 0.3) is 15.9 Å². The van der Waals surface area contributed by atoms with Gasteiger partial charge >= 0.3 is 5.69 Å². The number of rotatable bonds is 12. The number of anilines is 1. The van der Waals surface area contributed by atoms with E-state index in [1.54, 1.807) is 23.1 Å².